The number of halogens is 1. The Labute approximate surface area is 158 Å². The topological polar surface area (TPSA) is 57.7 Å². The van der Waals surface area contributed by atoms with Gasteiger partial charge in [0.2, 0.25) is 15.9 Å². The smallest absolute Gasteiger partial charge is 0.236 e. The Morgan fingerprint density at radius 2 is 1.59 bits per heavy atom. The fourth-order valence-electron chi connectivity index (χ4n) is 2.90. The van der Waals surface area contributed by atoms with Gasteiger partial charge in [0.25, 0.3) is 0 Å². The van der Waals surface area contributed by atoms with Crippen LogP contribution in [0.15, 0.2) is 60.0 Å². The molecule has 5 nitrogen and oxygen atoms in total. The summed E-state index contributed by atoms with van der Waals surface area (Å²) in [6.45, 7) is 1.21. The zero-order valence-electron chi connectivity index (χ0n) is 14.8. The largest absolute Gasteiger partial charge is 0.340 e. The molecule has 1 aliphatic rings. The second-order valence-electron chi connectivity index (χ2n) is 6.34. The van der Waals surface area contributed by atoms with Crippen LogP contribution in [-0.4, -0.2) is 49.7 Å². The summed E-state index contributed by atoms with van der Waals surface area (Å²) < 4.78 is 39.2. The molecular formula is C20H21FN2O3S. The van der Waals surface area contributed by atoms with Crippen molar-refractivity contribution in [1.29, 1.82) is 0 Å². The number of sulfonamides is 1. The Morgan fingerprint density at radius 1 is 0.963 bits per heavy atom. The summed E-state index contributed by atoms with van der Waals surface area (Å²) in [5, 5.41) is 1.21. The lowest BCUT2D eigenvalue weighted by Crippen LogP contribution is -2.50. The van der Waals surface area contributed by atoms with Gasteiger partial charge in [-0.2, -0.15) is 4.31 Å². The first kappa shape index (κ1) is 19.3. The summed E-state index contributed by atoms with van der Waals surface area (Å²) in [6.07, 6.45) is 1.75. The number of benzene rings is 2. The Balaban J connectivity index is 1.55. The molecule has 0 unspecified atom stereocenters. The number of nitrogens with zero attached hydrogens (tertiary/aromatic N) is 2. The highest BCUT2D eigenvalue weighted by Crippen LogP contribution is 2.13. The van der Waals surface area contributed by atoms with Gasteiger partial charge < -0.3 is 4.90 Å². The Kier molecular flexibility index (Phi) is 6.03. The first-order chi connectivity index (χ1) is 12.9. The van der Waals surface area contributed by atoms with E-state index in [1.54, 1.807) is 23.1 Å². The standard InChI is InChI=1S/C20H21FN2O3S/c21-19-8-6-18(7-9-19)16-20(24)22-11-13-23(14-12-22)27(25,26)15-10-17-4-2-1-3-5-17/h1-10,15H,11-14,16H2. The first-order valence-corrected chi connectivity index (χ1v) is 10.2. The molecule has 2 aromatic carbocycles. The van der Waals surface area contributed by atoms with Crippen molar-refractivity contribution in [3.8, 4) is 0 Å². The van der Waals surface area contributed by atoms with Gasteiger partial charge >= 0.3 is 0 Å². The summed E-state index contributed by atoms with van der Waals surface area (Å²) in [5.74, 6) is -0.424. The lowest BCUT2D eigenvalue weighted by atomic mass is 10.1. The molecular weight excluding hydrogens is 367 g/mol. The number of carbonyl (C=O) groups is 1. The van der Waals surface area contributed by atoms with Gasteiger partial charge in [-0.3, -0.25) is 4.79 Å². The molecule has 7 heteroatoms. The van der Waals surface area contributed by atoms with Gasteiger partial charge in [0, 0.05) is 31.6 Å². The SMILES string of the molecule is O=C(Cc1ccc(F)cc1)N1CCN(S(=O)(=O)C=Cc2ccccc2)CC1. The summed E-state index contributed by atoms with van der Waals surface area (Å²) in [6, 6.07) is 15.0. The third kappa shape index (κ3) is 5.24. The number of hydrogen-bond donors (Lipinski definition) is 0. The van der Waals surface area contributed by atoms with Crippen LogP contribution >= 0.6 is 0 Å². The number of piperazine rings is 1. The molecule has 0 radical (unpaired) electrons. The molecule has 0 N–H and O–H groups in total. The van der Waals surface area contributed by atoms with Crippen molar-refractivity contribution in [1.82, 2.24) is 9.21 Å². The predicted octanol–water partition coefficient (Wildman–Crippen LogP) is 2.51. The van der Waals surface area contributed by atoms with E-state index in [1.165, 1.54) is 21.8 Å². The third-order valence-electron chi connectivity index (χ3n) is 4.45. The number of amides is 1. The lowest BCUT2D eigenvalue weighted by Gasteiger charge is -2.33. The first-order valence-electron chi connectivity index (χ1n) is 8.69. The molecule has 3 rings (SSSR count). The van der Waals surface area contributed by atoms with E-state index >= 15 is 0 Å². The van der Waals surface area contributed by atoms with Crippen molar-refractivity contribution >= 4 is 22.0 Å². The number of carbonyl (C=O) groups excluding carboxylic acids is 1. The Morgan fingerprint density at radius 3 is 2.22 bits per heavy atom. The van der Waals surface area contributed by atoms with Crippen LogP contribution < -0.4 is 0 Å². The highest BCUT2D eigenvalue weighted by molar-refractivity contribution is 7.92. The van der Waals surface area contributed by atoms with Crippen LogP contribution in [0.5, 0.6) is 0 Å². The van der Waals surface area contributed by atoms with Crippen LogP contribution in [0.1, 0.15) is 11.1 Å². The molecule has 0 spiro atoms. The molecule has 0 saturated carbocycles. The molecule has 0 atom stereocenters. The maximum Gasteiger partial charge on any atom is 0.236 e. The van der Waals surface area contributed by atoms with Crippen molar-refractivity contribution in [2.45, 2.75) is 6.42 Å². The monoisotopic (exact) mass is 388 g/mol. The van der Waals surface area contributed by atoms with Crippen LogP contribution in [0, 0.1) is 5.82 Å². The normalized spacial score (nSPS) is 16.0. The van der Waals surface area contributed by atoms with Gasteiger partial charge in [0.05, 0.1) is 6.42 Å². The van der Waals surface area contributed by atoms with E-state index < -0.39 is 10.0 Å². The molecule has 0 bridgehead atoms. The summed E-state index contributed by atoms with van der Waals surface area (Å²) >= 11 is 0. The number of hydrogen-bond acceptors (Lipinski definition) is 3. The minimum absolute atomic E-state index is 0.0847. The van der Waals surface area contributed by atoms with Crippen molar-refractivity contribution < 1.29 is 17.6 Å². The van der Waals surface area contributed by atoms with Crippen LogP contribution in [0.2, 0.25) is 0 Å². The average Bonchev–Trinajstić information content (AvgIpc) is 2.69. The molecule has 27 heavy (non-hydrogen) atoms. The molecule has 1 amide bonds. The fourth-order valence-corrected chi connectivity index (χ4v) is 4.07. The van der Waals surface area contributed by atoms with Crippen LogP contribution in [0.4, 0.5) is 4.39 Å². The predicted molar refractivity (Wildman–Crippen MR) is 103 cm³/mol. The second-order valence-corrected chi connectivity index (χ2v) is 8.16. The van der Waals surface area contributed by atoms with Gasteiger partial charge in [-0.25, -0.2) is 12.8 Å². The van der Waals surface area contributed by atoms with Gasteiger partial charge in [-0.05, 0) is 29.3 Å². The molecule has 2 aromatic rings. The Bertz CT molecular complexity index is 904. The van der Waals surface area contributed by atoms with E-state index in [4.69, 9.17) is 0 Å². The van der Waals surface area contributed by atoms with E-state index in [9.17, 15) is 17.6 Å². The van der Waals surface area contributed by atoms with Crippen LogP contribution in [0.25, 0.3) is 6.08 Å². The van der Waals surface area contributed by atoms with Crippen LogP contribution in [-0.2, 0) is 21.2 Å². The van der Waals surface area contributed by atoms with E-state index in [0.717, 1.165) is 11.1 Å². The maximum absolute atomic E-state index is 12.9. The average molecular weight is 388 g/mol. The molecule has 1 saturated heterocycles. The molecule has 0 aliphatic carbocycles. The van der Waals surface area contributed by atoms with Gasteiger partial charge in [-0.15, -0.1) is 0 Å². The number of rotatable bonds is 5. The van der Waals surface area contributed by atoms with E-state index in [1.807, 2.05) is 30.3 Å². The summed E-state index contributed by atoms with van der Waals surface area (Å²) in [4.78, 5) is 14.0. The minimum atomic E-state index is -3.52. The van der Waals surface area contributed by atoms with Crippen LogP contribution in [0.3, 0.4) is 0 Å². The molecule has 1 fully saturated rings. The van der Waals surface area contributed by atoms with E-state index in [0.29, 0.717) is 13.1 Å². The third-order valence-corrected chi connectivity index (χ3v) is 6.02. The van der Waals surface area contributed by atoms with Crippen molar-refractivity contribution in [3.05, 3.63) is 76.9 Å². The van der Waals surface area contributed by atoms with Gasteiger partial charge in [0.15, 0.2) is 0 Å². The summed E-state index contributed by atoms with van der Waals surface area (Å²) in [7, 11) is -3.52. The maximum atomic E-state index is 12.9. The molecule has 0 aromatic heterocycles. The highest BCUT2D eigenvalue weighted by Gasteiger charge is 2.27. The highest BCUT2D eigenvalue weighted by atomic mass is 32.2. The molecule has 142 valence electrons. The van der Waals surface area contributed by atoms with Gasteiger partial charge in [0.1, 0.15) is 5.82 Å². The lowest BCUT2D eigenvalue weighted by molar-refractivity contribution is -0.131. The zero-order valence-corrected chi connectivity index (χ0v) is 15.6. The fraction of sp³-hybridized carbons (Fsp3) is 0.250. The van der Waals surface area contributed by atoms with E-state index in [2.05, 4.69) is 0 Å². The van der Waals surface area contributed by atoms with Crippen molar-refractivity contribution in [2.24, 2.45) is 0 Å². The second kappa shape index (κ2) is 8.45. The molecule has 1 heterocycles. The van der Waals surface area contributed by atoms with E-state index in [-0.39, 0.29) is 31.2 Å². The Hall–Kier alpha value is -2.51. The van der Waals surface area contributed by atoms with Crippen molar-refractivity contribution in [3.63, 3.8) is 0 Å². The summed E-state index contributed by atoms with van der Waals surface area (Å²) in [5.41, 5.74) is 1.55. The minimum Gasteiger partial charge on any atom is -0.340 e. The zero-order chi connectivity index (χ0) is 19.3. The molecule has 1 aliphatic heterocycles. The van der Waals surface area contributed by atoms with Crippen molar-refractivity contribution in [2.75, 3.05) is 26.2 Å². The van der Waals surface area contributed by atoms with Gasteiger partial charge in [-0.1, -0.05) is 42.5 Å². The quantitative estimate of drug-likeness (QED) is 0.791.